The van der Waals surface area contributed by atoms with E-state index < -0.39 is 0 Å². The zero-order chi connectivity index (χ0) is 14.8. The number of phenolic OH excluding ortho intramolecular Hbond substituents is 1. The summed E-state index contributed by atoms with van der Waals surface area (Å²) in [5.41, 5.74) is 2.82. The van der Waals surface area contributed by atoms with Crippen LogP contribution in [0.5, 0.6) is 17.2 Å². The van der Waals surface area contributed by atoms with Gasteiger partial charge in [-0.1, -0.05) is 12.1 Å². The van der Waals surface area contributed by atoms with Crippen LogP contribution < -0.4 is 9.47 Å². The first-order valence-electron chi connectivity index (χ1n) is 6.52. The van der Waals surface area contributed by atoms with Gasteiger partial charge < -0.3 is 14.6 Å². The minimum absolute atomic E-state index is 0.249. The van der Waals surface area contributed by atoms with Crippen molar-refractivity contribution in [2.45, 2.75) is 0 Å². The SMILES string of the molecule is COc1cc2cc(-c3ccc(O)cc3)cnc2cc1OC. The molecule has 21 heavy (non-hydrogen) atoms. The third-order valence-electron chi connectivity index (χ3n) is 3.39. The van der Waals surface area contributed by atoms with E-state index >= 15 is 0 Å². The van der Waals surface area contributed by atoms with Crippen LogP contribution in [0.15, 0.2) is 48.7 Å². The van der Waals surface area contributed by atoms with Crippen molar-refractivity contribution in [3.8, 4) is 28.4 Å². The molecular weight excluding hydrogens is 266 g/mol. The molecule has 106 valence electrons. The maximum atomic E-state index is 9.36. The van der Waals surface area contributed by atoms with E-state index in [9.17, 15) is 5.11 Å². The number of fused-ring (bicyclic) bond motifs is 1. The summed E-state index contributed by atoms with van der Waals surface area (Å²) >= 11 is 0. The molecular formula is C17H15NO3. The summed E-state index contributed by atoms with van der Waals surface area (Å²) in [5, 5.41) is 10.3. The second kappa shape index (κ2) is 5.32. The number of benzene rings is 2. The largest absolute Gasteiger partial charge is 0.508 e. The Kier molecular flexibility index (Phi) is 3.36. The Morgan fingerprint density at radius 3 is 2.19 bits per heavy atom. The molecule has 0 bridgehead atoms. The molecule has 0 radical (unpaired) electrons. The van der Waals surface area contributed by atoms with E-state index in [4.69, 9.17) is 9.47 Å². The van der Waals surface area contributed by atoms with Gasteiger partial charge in [0.25, 0.3) is 0 Å². The molecule has 3 aromatic rings. The molecule has 2 aromatic carbocycles. The summed E-state index contributed by atoms with van der Waals surface area (Å²) in [4.78, 5) is 4.47. The lowest BCUT2D eigenvalue weighted by Crippen LogP contribution is -1.92. The van der Waals surface area contributed by atoms with Crippen LogP contribution in [0.1, 0.15) is 0 Å². The highest BCUT2D eigenvalue weighted by Crippen LogP contribution is 2.33. The Labute approximate surface area is 122 Å². The zero-order valence-electron chi connectivity index (χ0n) is 11.8. The zero-order valence-corrected chi connectivity index (χ0v) is 11.8. The predicted octanol–water partition coefficient (Wildman–Crippen LogP) is 3.62. The van der Waals surface area contributed by atoms with E-state index in [1.807, 2.05) is 30.3 Å². The molecule has 3 rings (SSSR count). The lowest BCUT2D eigenvalue weighted by atomic mass is 10.0. The maximum absolute atomic E-state index is 9.36. The number of nitrogens with zero attached hydrogens (tertiary/aromatic N) is 1. The van der Waals surface area contributed by atoms with E-state index in [2.05, 4.69) is 4.98 Å². The third kappa shape index (κ3) is 2.48. The van der Waals surface area contributed by atoms with Gasteiger partial charge in [0.15, 0.2) is 11.5 Å². The van der Waals surface area contributed by atoms with Crippen molar-refractivity contribution in [2.75, 3.05) is 14.2 Å². The highest BCUT2D eigenvalue weighted by Gasteiger charge is 2.08. The first-order chi connectivity index (χ1) is 10.2. The third-order valence-corrected chi connectivity index (χ3v) is 3.39. The Morgan fingerprint density at radius 1 is 0.857 bits per heavy atom. The van der Waals surface area contributed by atoms with Crippen molar-refractivity contribution >= 4 is 10.9 Å². The number of methoxy groups -OCH3 is 2. The standard InChI is InChI=1S/C17H15NO3/c1-20-16-8-12-7-13(11-3-5-14(19)6-4-11)10-18-15(12)9-17(16)21-2/h3-10,19H,1-2H3. The fourth-order valence-electron chi connectivity index (χ4n) is 2.27. The number of aromatic nitrogens is 1. The molecule has 0 fully saturated rings. The molecule has 1 N–H and O–H groups in total. The summed E-state index contributed by atoms with van der Waals surface area (Å²) in [5.74, 6) is 1.59. The van der Waals surface area contributed by atoms with Crippen molar-refractivity contribution in [3.05, 3.63) is 48.7 Å². The number of phenols is 1. The number of pyridine rings is 1. The average molecular weight is 281 g/mol. The quantitative estimate of drug-likeness (QED) is 0.796. The van der Waals surface area contributed by atoms with Crippen LogP contribution in [-0.4, -0.2) is 24.3 Å². The Balaban J connectivity index is 2.13. The molecule has 0 aliphatic rings. The van der Waals surface area contributed by atoms with Crippen molar-refractivity contribution in [1.82, 2.24) is 4.98 Å². The Morgan fingerprint density at radius 2 is 1.52 bits per heavy atom. The topological polar surface area (TPSA) is 51.6 Å². The van der Waals surface area contributed by atoms with Gasteiger partial charge in [0, 0.05) is 23.2 Å². The molecule has 0 spiro atoms. The number of aromatic hydroxyl groups is 1. The Bertz CT molecular complexity index is 782. The minimum atomic E-state index is 0.249. The Hall–Kier alpha value is -2.75. The van der Waals surface area contributed by atoms with Gasteiger partial charge >= 0.3 is 0 Å². The van der Waals surface area contributed by atoms with Crippen LogP contribution in [0.3, 0.4) is 0 Å². The van der Waals surface area contributed by atoms with Gasteiger partial charge in [0.2, 0.25) is 0 Å². The number of rotatable bonds is 3. The van der Waals surface area contributed by atoms with Crippen LogP contribution in [0, 0.1) is 0 Å². The summed E-state index contributed by atoms with van der Waals surface area (Å²) in [6, 6.07) is 12.8. The fourth-order valence-corrected chi connectivity index (χ4v) is 2.27. The van der Waals surface area contributed by atoms with Crippen LogP contribution in [0.2, 0.25) is 0 Å². The molecule has 0 atom stereocenters. The fraction of sp³-hybridized carbons (Fsp3) is 0.118. The van der Waals surface area contributed by atoms with E-state index in [0.717, 1.165) is 22.0 Å². The second-order valence-corrected chi connectivity index (χ2v) is 4.67. The van der Waals surface area contributed by atoms with Crippen LogP contribution in [-0.2, 0) is 0 Å². The molecule has 0 amide bonds. The van der Waals surface area contributed by atoms with Crippen molar-refractivity contribution in [2.24, 2.45) is 0 Å². The lowest BCUT2D eigenvalue weighted by molar-refractivity contribution is 0.356. The number of hydrogen-bond acceptors (Lipinski definition) is 4. The summed E-state index contributed by atoms with van der Waals surface area (Å²) in [7, 11) is 3.22. The summed E-state index contributed by atoms with van der Waals surface area (Å²) in [6.45, 7) is 0. The highest BCUT2D eigenvalue weighted by atomic mass is 16.5. The van der Waals surface area contributed by atoms with Crippen molar-refractivity contribution < 1.29 is 14.6 Å². The molecule has 1 heterocycles. The molecule has 4 heteroatoms. The second-order valence-electron chi connectivity index (χ2n) is 4.67. The average Bonchev–Trinajstić information content (AvgIpc) is 2.53. The van der Waals surface area contributed by atoms with Gasteiger partial charge in [-0.2, -0.15) is 0 Å². The van der Waals surface area contributed by atoms with E-state index in [-0.39, 0.29) is 5.75 Å². The van der Waals surface area contributed by atoms with Crippen LogP contribution >= 0.6 is 0 Å². The first kappa shape index (κ1) is 13.2. The lowest BCUT2D eigenvalue weighted by Gasteiger charge is -2.10. The summed E-state index contributed by atoms with van der Waals surface area (Å²) in [6.07, 6.45) is 1.81. The van der Waals surface area contributed by atoms with E-state index in [0.29, 0.717) is 11.5 Å². The van der Waals surface area contributed by atoms with Crippen LogP contribution in [0.25, 0.3) is 22.0 Å². The summed E-state index contributed by atoms with van der Waals surface area (Å²) < 4.78 is 10.6. The van der Waals surface area contributed by atoms with Gasteiger partial charge in [-0.3, -0.25) is 4.98 Å². The molecule has 0 aliphatic carbocycles. The van der Waals surface area contributed by atoms with Gasteiger partial charge in [0.05, 0.1) is 19.7 Å². The molecule has 0 saturated heterocycles. The van der Waals surface area contributed by atoms with Gasteiger partial charge in [0.1, 0.15) is 5.75 Å². The number of hydrogen-bond donors (Lipinski definition) is 1. The van der Waals surface area contributed by atoms with Crippen molar-refractivity contribution in [3.63, 3.8) is 0 Å². The minimum Gasteiger partial charge on any atom is -0.508 e. The van der Waals surface area contributed by atoms with Crippen LogP contribution in [0.4, 0.5) is 0 Å². The van der Waals surface area contributed by atoms with Gasteiger partial charge in [-0.15, -0.1) is 0 Å². The molecule has 0 unspecified atom stereocenters. The van der Waals surface area contributed by atoms with Gasteiger partial charge in [-0.25, -0.2) is 0 Å². The smallest absolute Gasteiger partial charge is 0.162 e. The normalized spacial score (nSPS) is 10.6. The molecule has 0 aliphatic heterocycles. The highest BCUT2D eigenvalue weighted by molar-refractivity contribution is 5.86. The monoisotopic (exact) mass is 281 g/mol. The van der Waals surface area contributed by atoms with Gasteiger partial charge in [-0.05, 0) is 29.8 Å². The van der Waals surface area contributed by atoms with E-state index in [1.54, 1.807) is 32.5 Å². The van der Waals surface area contributed by atoms with E-state index in [1.165, 1.54) is 0 Å². The predicted molar refractivity (Wildman–Crippen MR) is 81.9 cm³/mol. The molecule has 0 saturated carbocycles. The molecule has 1 aromatic heterocycles. The first-order valence-corrected chi connectivity index (χ1v) is 6.52. The maximum Gasteiger partial charge on any atom is 0.162 e. The number of ether oxygens (including phenoxy) is 2. The molecule has 4 nitrogen and oxygen atoms in total. The van der Waals surface area contributed by atoms with Crippen molar-refractivity contribution in [1.29, 1.82) is 0 Å².